The lowest BCUT2D eigenvalue weighted by Crippen LogP contribution is -1.93. The number of hydrogen-bond donors (Lipinski definition) is 0. The van der Waals surface area contributed by atoms with E-state index in [9.17, 15) is 4.79 Å². The molecule has 108 valence electrons. The number of carbonyl (C=O) groups is 1. The topological polar surface area (TPSA) is 17.1 Å². The first-order valence-corrected chi connectivity index (χ1v) is 7.55. The molecule has 0 saturated carbocycles. The molecule has 0 bridgehead atoms. The molecule has 0 spiro atoms. The number of halogens is 2. The lowest BCUT2D eigenvalue weighted by molar-refractivity contribution is 0.104. The van der Waals surface area contributed by atoms with Crippen LogP contribution in [0.3, 0.4) is 0 Å². The van der Waals surface area contributed by atoms with Crippen molar-refractivity contribution < 1.29 is 4.79 Å². The third-order valence-electron chi connectivity index (χ3n) is 3.40. The maximum Gasteiger partial charge on any atom is 0.185 e. The minimum atomic E-state index is -0.105. The molecule has 0 aliphatic rings. The Kier molecular flexibility index (Phi) is 4.28. The normalized spacial score (nSPS) is 11.2. The van der Waals surface area contributed by atoms with Crippen LogP contribution in [0.25, 0.3) is 16.8 Å². The zero-order valence-electron chi connectivity index (χ0n) is 11.6. The quantitative estimate of drug-likeness (QED) is 0.423. The maximum atomic E-state index is 12.2. The van der Waals surface area contributed by atoms with Gasteiger partial charge in [-0.3, -0.25) is 4.79 Å². The molecular weight excluding hydrogens is 315 g/mol. The summed E-state index contributed by atoms with van der Waals surface area (Å²) in [7, 11) is 0. The summed E-state index contributed by atoms with van der Waals surface area (Å²) in [6.45, 7) is 0. The Bertz CT molecular complexity index is 881. The zero-order chi connectivity index (χ0) is 15.5. The molecule has 22 heavy (non-hydrogen) atoms. The van der Waals surface area contributed by atoms with Crippen molar-refractivity contribution in [2.75, 3.05) is 0 Å². The second-order valence-corrected chi connectivity index (χ2v) is 5.75. The molecule has 3 aromatic carbocycles. The summed E-state index contributed by atoms with van der Waals surface area (Å²) < 4.78 is 0. The number of rotatable bonds is 3. The zero-order valence-corrected chi connectivity index (χ0v) is 13.1. The van der Waals surface area contributed by atoms with Gasteiger partial charge in [0.05, 0.1) is 10.0 Å². The predicted molar refractivity (Wildman–Crippen MR) is 93.8 cm³/mol. The first kappa shape index (κ1) is 14.8. The van der Waals surface area contributed by atoms with Gasteiger partial charge in [0.15, 0.2) is 5.78 Å². The minimum Gasteiger partial charge on any atom is -0.289 e. The van der Waals surface area contributed by atoms with Crippen LogP contribution >= 0.6 is 23.2 Å². The molecule has 3 heteroatoms. The fourth-order valence-corrected chi connectivity index (χ4v) is 2.53. The van der Waals surface area contributed by atoms with Crippen molar-refractivity contribution in [2.45, 2.75) is 0 Å². The van der Waals surface area contributed by atoms with E-state index in [0.717, 1.165) is 10.9 Å². The molecule has 0 aliphatic heterocycles. The number of benzene rings is 3. The van der Waals surface area contributed by atoms with Crippen LogP contribution in [-0.2, 0) is 0 Å². The minimum absolute atomic E-state index is 0.105. The van der Waals surface area contributed by atoms with Gasteiger partial charge in [-0.2, -0.15) is 0 Å². The Labute approximate surface area is 138 Å². The van der Waals surface area contributed by atoms with E-state index < -0.39 is 0 Å². The summed E-state index contributed by atoms with van der Waals surface area (Å²) in [5, 5.41) is 3.14. The molecule has 3 rings (SSSR count). The first-order valence-electron chi connectivity index (χ1n) is 6.80. The van der Waals surface area contributed by atoms with E-state index in [1.807, 2.05) is 36.4 Å². The Morgan fingerprint density at radius 1 is 0.818 bits per heavy atom. The van der Waals surface area contributed by atoms with Crippen LogP contribution in [0.2, 0.25) is 10.0 Å². The summed E-state index contributed by atoms with van der Waals surface area (Å²) in [6.07, 6.45) is 3.35. The number of ketones is 1. The van der Waals surface area contributed by atoms with Gasteiger partial charge in [-0.05, 0) is 46.7 Å². The van der Waals surface area contributed by atoms with Crippen LogP contribution < -0.4 is 0 Å². The van der Waals surface area contributed by atoms with Gasteiger partial charge in [-0.1, -0.05) is 65.7 Å². The van der Waals surface area contributed by atoms with Crippen molar-refractivity contribution in [2.24, 2.45) is 0 Å². The Morgan fingerprint density at radius 2 is 1.59 bits per heavy atom. The summed E-state index contributed by atoms with van der Waals surface area (Å²) in [5.74, 6) is -0.105. The van der Waals surface area contributed by atoms with Gasteiger partial charge in [0.1, 0.15) is 0 Å². The van der Waals surface area contributed by atoms with Crippen molar-refractivity contribution in [3.05, 3.63) is 87.9 Å². The van der Waals surface area contributed by atoms with Gasteiger partial charge in [-0.15, -0.1) is 0 Å². The van der Waals surface area contributed by atoms with Crippen LogP contribution in [-0.4, -0.2) is 5.78 Å². The number of allylic oxidation sites excluding steroid dienone is 1. The summed E-state index contributed by atoms with van der Waals surface area (Å²) in [5.41, 5.74) is 1.50. The molecule has 0 unspecified atom stereocenters. The molecule has 1 nitrogen and oxygen atoms in total. The van der Waals surface area contributed by atoms with Crippen molar-refractivity contribution in [3.63, 3.8) is 0 Å². The smallest absolute Gasteiger partial charge is 0.185 e. The summed E-state index contributed by atoms with van der Waals surface area (Å²) in [6, 6.07) is 19.1. The van der Waals surface area contributed by atoms with Crippen molar-refractivity contribution in [3.8, 4) is 0 Å². The van der Waals surface area contributed by atoms with E-state index in [0.29, 0.717) is 15.6 Å². The summed E-state index contributed by atoms with van der Waals surface area (Å²) >= 11 is 11.8. The highest BCUT2D eigenvalue weighted by atomic mass is 35.5. The van der Waals surface area contributed by atoms with E-state index in [1.165, 1.54) is 5.39 Å². The van der Waals surface area contributed by atoms with E-state index in [2.05, 4.69) is 6.07 Å². The highest BCUT2D eigenvalue weighted by molar-refractivity contribution is 6.42. The lowest BCUT2D eigenvalue weighted by Gasteiger charge is -2.00. The van der Waals surface area contributed by atoms with Crippen molar-refractivity contribution in [1.82, 2.24) is 0 Å². The number of hydrogen-bond acceptors (Lipinski definition) is 1. The molecule has 0 heterocycles. The van der Waals surface area contributed by atoms with Gasteiger partial charge in [0, 0.05) is 5.56 Å². The summed E-state index contributed by atoms with van der Waals surface area (Å²) in [4.78, 5) is 12.2. The average Bonchev–Trinajstić information content (AvgIpc) is 2.55. The third-order valence-corrected chi connectivity index (χ3v) is 4.14. The standard InChI is InChI=1S/C19H12Cl2O/c20-17-9-8-16(12-18(17)21)19(22)10-6-13-5-7-14-3-1-2-4-15(14)11-13/h1-12H/b10-6+. The fourth-order valence-electron chi connectivity index (χ4n) is 2.23. The molecular formula is C19H12Cl2O. The predicted octanol–water partition coefficient (Wildman–Crippen LogP) is 6.04. The van der Waals surface area contributed by atoms with Gasteiger partial charge in [0.2, 0.25) is 0 Å². The molecule has 0 amide bonds. The molecule has 0 atom stereocenters. The Hall–Kier alpha value is -2.09. The molecule has 0 radical (unpaired) electrons. The number of carbonyl (C=O) groups excluding carboxylic acids is 1. The largest absolute Gasteiger partial charge is 0.289 e. The van der Waals surface area contributed by atoms with Gasteiger partial charge in [-0.25, -0.2) is 0 Å². The second kappa shape index (κ2) is 6.35. The highest BCUT2D eigenvalue weighted by Crippen LogP contribution is 2.23. The number of fused-ring (bicyclic) bond motifs is 1. The second-order valence-electron chi connectivity index (χ2n) is 4.93. The van der Waals surface area contributed by atoms with E-state index in [4.69, 9.17) is 23.2 Å². The van der Waals surface area contributed by atoms with Crippen molar-refractivity contribution >= 4 is 45.8 Å². The lowest BCUT2D eigenvalue weighted by atomic mass is 10.1. The van der Waals surface area contributed by atoms with Crippen LogP contribution in [0, 0.1) is 0 Å². The molecule has 0 aromatic heterocycles. The van der Waals surface area contributed by atoms with Crippen LogP contribution in [0.4, 0.5) is 0 Å². The Morgan fingerprint density at radius 3 is 2.36 bits per heavy atom. The Balaban J connectivity index is 1.85. The van der Waals surface area contributed by atoms with E-state index in [1.54, 1.807) is 30.4 Å². The third kappa shape index (κ3) is 3.22. The van der Waals surface area contributed by atoms with E-state index >= 15 is 0 Å². The molecule has 0 aliphatic carbocycles. The average molecular weight is 327 g/mol. The molecule has 3 aromatic rings. The SMILES string of the molecule is O=C(/C=C/c1ccc2ccccc2c1)c1ccc(Cl)c(Cl)c1. The monoisotopic (exact) mass is 326 g/mol. The molecule has 0 fully saturated rings. The maximum absolute atomic E-state index is 12.2. The highest BCUT2D eigenvalue weighted by Gasteiger charge is 2.05. The first-order chi connectivity index (χ1) is 10.6. The van der Waals surface area contributed by atoms with Gasteiger partial charge >= 0.3 is 0 Å². The van der Waals surface area contributed by atoms with Gasteiger partial charge in [0.25, 0.3) is 0 Å². The van der Waals surface area contributed by atoms with Crippen molar-refractivity contribution in [1.29, 1.82) is 0 Å². The van der Waals surface area contributed by atoms with Crippen LogP contribution in [0.1, 0.15) is 15.9 Å². The van der Waals surface area contributed by atoms with Gasteiger partial charge < -0.3 is 0 Å². The van der Waals surface area contributed by atoms with Crippen LogP contribution in [0.15, 0.2) is 66.7 Å². The fraction of sp³-hybridized carbons (Fsp3) is 0. The molecule has 0 N–H and O–H groups in total. The van der Waals surface area contributed by atoms with Crippen LogP contribution in [0.5, 0.6) is 0 Å². The van der Waals surface area contributed by atoms with E-state index in [-0.39, 0.29) is 5.78 Å². The molecule has 0 saturated heterocycles.